The van der Waals surface area contributed by atoms with Crippen molar-refractivity contribution in [3.63, 3.8) is 0 Å². The van der Waals surface area contributed by atoms with E-state index in [1.54, 1.807) is 23.4 Å². The van der Waals surface area contributed by atoms with Gasteiger partial charge in [-0.2, -0.15) is 10.1 Å². The van der Waals surface area contributed by atoms with Gasteiger partial charge in [-0.15, -0.1) is 0 Å². The summed E-state index contributed by atoms with van der Waals surface area (Å²) in [7, 11) is 0. The Morgan fingerprint density at radius 3 is 3.12 bits per heavy atom. The summed E-state index contributed by atoms with van der Waals surface area (Å²) in [4.78, 5) is 36.4. The highest BCUT2D eigenvalue weighted by Gasteiger charge is 2.33. The van der Waals surface area contributed by atoms with Crippen molar-refractivity contribution >= 4 is 5.91 Å². The van der Waals surface area contributed by atoms with Crippen molar-refractivity contribution < 1.29 is 9.32 Å². The van der Waals surface area contributed by atoms with Gasteiger partial charge in [-0.1, -0.05) is 5.16 Å². The molecule has 0 spiro atoms. The highest BCUT2D eigenvalue weighted by molar-refractivity contribution is 5.77. The lowest BCUT2D eigenvalue weighted by molar-refractivity contribution is -0.132. The third kappa shape index (κ3) is 3.25. The standard InChI is InChI=1S/C16H17N7O3/c24-13(6-5-12-18-16(25)21-20-12)23-8-2-4-11(23)15-19-14(22-26-15)10-3-1-7-17-9-10/h1,3,7,9,11H,2,4-6,8H2,(H2,18,20,21,25)/t11-/m0/s1. The van der Waals surface area contributed by atoms with E-state index < -0.39 is 0 Å². The number of carbonyl (C=O) groups excluding carboxylic acids is 1. The van der Waals surface area contributed by atoms with Gasteiger partial charge in [-0.25, -0.2) is 9.89 Å². The minimum absolute atomic E-state index is 0.0301. The van der Waals surface area contributed by atoms with E-state index in [4.69, 9.17) is 4.52 Å². The Morgan fingerprint density at radius 2 is 2.35 bits per heavy atom. The predicted octanol–water partition coefficient (Wildman–Crippen LogP) is 0.839. The van der Waals surface area contributed by atoms with Gasteiger partial charge in [0.15, 0.2) is 0 Å². The molecule has 0 radical (unpaired) electrons. The van der Waals surface area contributed by atoms with E-state index in [0.29, 0.717) is 30.5 Å². The van der Waals surface area contributed by atoms with Crippen LogP contribution in [-0.2, 0) is 11.2 Å². The van der Waals surface area contributed by atoms with Crippen LogP contribution in [0.15, 0.2) is 33.8 Å². The average molecular weight is 355 g/mol. The van der Waals surface area contributed by atoms with Crippen LogP contribution in [0.4, 0.5) is 0 Å². The summed E-state index contributed by atoms with van der Waals surface area (Å²) >= 11 is 0. The molecule has 0 unspecified atom stereocenters. The van der Waals surface area contributed by atoms with Crippen molar-refractivity contribution in [2.45, 2.75) is 31.7 Å². The number of nitrogens with one attached hydrogen (secondary N) is 2. The lowest BCUT2D eigenvalue weighted by atomic mass is 10.2. The van der Waals surface area contributed by atoms with Gasteiger partial charge >= 0.3 is 5.69 Å². The first kappa shape index (κ1) is 16.2. The fraction of sp³-hybridized carbons (Fsp3) is 0.375. The fourth-order valence-corrected chi connectivity index (χ4v) is 3.10. The topological polar surface area (TPSA) is 134 Å². The predicted molar refractivity (Wildman–Crippen MR) is 88.7 cm³/mol. The molecule has 4 rings (SSSR count). The Labute approximate surface area is 147 Å². The van der Waals surface area contributed by atoms with E-state index in [0.717, 1.165) is 18.4 Å². The maximum atomic E-state index is 12.6. The number of nitrogens with zero attached hydrogens (tertiary/aromatic N) is 5. The third-order valence-electron chi connectivity index (χ3n) is 4.35. The molecular formula is C16H17N7O3. The van der Waals surface area contributed by atoms with E-state index in [1.165, 1.54) is 0 Å². The lowest BCUT2D eigenvalue weighted by Crippen LogP contribution is -2.31. The first-order chi connectivity index (χ1) is 12.7. The van der Waals surface area contributed by atoms with Crippen LogP contribution in [0.2, 0.25) is 0 Å². The first-order valence-corrected chi connectivity index (χ1v) is 8.38. The molecule has 1 saturated heterocycles. The highest BCUT2D eigenvalue weighted by Crippen LogP contribution is 2.32. The Hall–Kier alpha value is -3.30. The van der Waals surface area contributed by atoms with Gasteiger partial charge in [-0.3, -0.25) is 14.8 Å². The fourth-order valence-electron chi connectivity index (χ4n) is 3.10. The Bertz CT molecular complexity index is 946. The van der Waals surface area contributed by atoms with Gasteiger partial charge in [0, 0.05) is 37.3 Å². The molecule has 0 aliphatic carbocycles. The molecule has 0 aromatic carbocycles. The van der Waals surface area contributed by atoms with E-state index in [1.807, 2.05) is 6.07 Å². The maximum absolute atomic E-state index is 12.6. The van der Waals surface area contributed by atoms with Gasteiger partial charge in [0.25, 0.3) is 0 Å². The minimum atomic E-state index is -0.375. The van der Waals surface area contributed by atoms with Gasteiger partial charge in [0.05, 0.1) is 0 Å². The summed E-state index contributed by atoms with van der Waals surface area (Å²) in [5.41, 5.74) is 0.390. The molecule has 26 heavy (non-hydrogen) atoms. The Kier molecular flexibility index (Phi) is 4.30. The molecule has 134 valence electrons. The second-order valence-corrected chi connectivity index (χ2v) is 6.07. The van der Waals surface area contributed by atoms with E-state index >= 15 is 0 Å². The number of aromatic amines is 2. The summed E-state index contributed by atoms with van der Waals surface area (Å²) in [5, 5.41) is 10.1. The normalized spacial score (nSPS) is 16.9. The number of amides is 1. The van der Waals surface area contributed by atoms with Crippen LogP contribution in [0.5, 0.6) is 0 Å². The summed E-state index contributed by atoms with van der Waals surface area (Å²) < 4.78 is 5.40. The molecule has 10 heteroatoms. The largest absolute Gasteiger partial charge is 0.340 e. The van der Waals surface area contributed by atoms with Crippen molar-refractivity contribution in [2.75, 3.05) is 6.54 Å². The van der Waals surface area contributed by atoms with Crippen LogP contribution >= 0.6 is 0 Å². The van der Waals surface area contributed by atoms with Gasteiger partial charge in [-0.05, 0) is 25.0 Å². The molecule has 2 N–H and O–H groups in total. The quantitative estimate of drug-likeness (QED) is 0.692. The Balaban J connectivity index is 1.45. The first-order valence-electron chi connectivity index (χ1n) is 8.38. The van der Waals surface area contributed by atoms with E-state index in [-0.39, 0.29) is 24.1 Å². The SMILES string of the molecule is O=C(CCc1n[nH]c(=O)[nH]1)N1CCC[C@H]1c1nc(-c2cccnc2)no1. The number of rotatable bonds is 5. The van der Waals surface area contributed by atoms with Gasteiger partial charge < -0.3 is 9.42 Å². The second kappa shape index (κ2) is 6.90. The monoisotopic (exact) mass is 355 g/mol. The molecular weight excluding hydrogens is 338 g/mol. The number of aryl methyl sites for hydroxylation is 1. The number of hydrogen-bond acceptors (Lipinski definition) is 7. The van der Waals surface area contributed by atoms with Crippen molar-refractivity contribution in [3.05, 3.63) is 46.7 Å². The molecule has 1 aliphatic rings. The van der Waals surface area contributed by atoms with Crippen molar-refractivity contribution in [3.8, 4) is 11.4 Å². The molecule has 3 aromatic rings. The lowest BCUT2D eigenvalue weighted by Gasteiger charge is -2.21. The molecule has 1 amide bonds. The minimum Gasteiger partial charge on any atom is -0.337 e. The van der Waals surface area contributed by atoms with Crippen LogP contribution in [0, 0.1) is 0 Å². The molecule has 0 bridgehead atoms. The van der Waals surface area contributed by atoms with E-state index in [9.17, 15) is 9.59 Å². The molecule has 3 aromatic heterocycles. The number of carbonyl (C=O) groups is 1. The van der Waals surface area contributed by atoms with Crippen molar-refractivity contribution in [1.82, 2.24) is 35.2 Å². The van der Waals surface area contributed by atoms with Crippen LogP contribution < -0.4 is 5.69 Å². The van der Waals surface area contributed by atoms with Crippen LogP contribution in [-0.4, -0.2) is 47.7 Å². The summed E-state index contributed by atoms with van der Waals surface area (Å²) in [6.45, 7) is 0.644. The zero-order chi connectivity index (χ0) is 17.9. The Morgan fingerprint density at radius 1 is 1.42 bits per heavy atom. The van der Waals surface area contributed by atoms with Crippen LogP contribution in [0.1, 0.15) is 37.0 Å². The van der Waals surface area contributed by atoms with Crippen LogP contribution in [0.3, 0.4) is 0 Å². The maximum Gasteiger partial charge on any atom is 0.340 e. The number of likely N-dealkylation sites (tertiary alicyclic amines) is 1. The number of hydrogen-bond donors (Lipinski definition) is 2. The smallest absolute Gasteiger partial charge is 0.337 e. The molecule has 1 aliphatic heterocycles. The van der Waals surface area contributed by atoms with Crippen LogP contribution in [0.25, 0.3) is 11.4 Å². The molecule has 10 nitrogen and oxygen atoms in total. The number of aromatic nitrogens is 6. The molecule has 4 heterocycles. The third-order valence-corrected chi connectivity index (χ3v) is 4.35. The van der Waals surface area contributed by atoms with Gasteiger partial charge in [0.2, 0.25) is 17.6 Å². The average Bonchev–Trinajstić information content (AvgIpc) is 3.40. The molecule has 1 atom stereocenters. The van der Waals surface area contributed by atoms with E-state index in [2.05, 4.69) is 30.3 Å². The zero-order valence-corrected chi connectivity index (χ0v) is 13.9. The van der Waals surface area contributed by atoms with Gasteiger partial charge in [0.1, 0.15) is 11.9 Å². The molecule has 1 fully saturated rings. The van der Waals surface area contributed by atoms with Crippen molar-refractivity contribution in [2.24, 2.45) is 0 Å². The number of pyridine rings is 1. The summed E-state index contributed by atoms with van der Waals surface area (Å²) in [5.74, 6) is 1.33. The summed E-state index contributed by atoms with van der Waals surface area (Å²) in [6, 6.07) is 3.43. The summed E-state index contributed by atoms with van der Waals surface area (Å²) in [6.07, 6.45) is 5.61. The highest BCUT2D eigenvalue weighted by atomic mass is 16.5. The molecule has 0 saturated carbocycles. The van der Waals surface area contributed by atoms with Crippen molar-refractivity contribution in [1.29, 1.82) is 0 Å². The zero-order valence-electron chi connectivity index (χ0n) is 13.9. The second-order valence-electron chi connectivity index (χ2n) is 6.07. The number of H-pyrrole nitrogens is 2.